The lowest BCUT2D eigenvalue weighted by Gasteiger charge is -2.29. The van der Waals surface area contributed by atoms with E-state index in [-0.39, 0.29) is 40.5 Å². The van der Waals surface area contributed by atoms with Gasteiger partial charge in [-0.05, 0) is 232 Å². The summed E-state index contributed by atoms with van der Waals surface area (Å²) < 4.78 is 33.7. The number of pyridine rings is 3. The van der Waals surface area contributed by atoms with Crippen LogP contribution in [0.5, 0.6) is 0 Å². The number of aryl methyl sites for hydroxylation is 7. The first-order chi connectivity index (χ1) is 46.0. The minimum atomic E-state index is -1.14. The molecule has 6 aromatic heterocycles. The molecule has 548 valence electrons. The average Bonchev–Trinajstić information content (AvgIpc) is 1.64. The van der Waals surface area contributed by atoms with Gasteiger partial charge in [0.05, 0.1) is 31.0 Å². The van der Waals surface area contributed by atoms with Crippen LogP contribution in [-0.4, -0.2) is 83.1 Å². The van der Waals surface area contributed by atoms with Crippen LogP contribution in [0.2, 0.25) is 15.1 Å². The zero-order valence-electron chi connectivity index (χ0n) is 62.5. The average molecular weight is 1500 g/mol. The number of methoxy groups -OCH3 is 2. The number of carbonyl (C=O) groups excluding carboxylic acids is 2. The van der Waals surface area contributed by atoms with Gasteiger partial charge in [-0.15, -0.1) is 0 Å². The molecule has 2 aliphatic rings. The fourth-order valence-corrected chi connectivity index (χ4v) is 14.6. The van der Waals surface area contributed by atoms with E-state index in [4.69, 9.17) is 73.4 Å². The maximum Gasteiger partial charge on any atom is 0.339 e. The number of fused-ring (bicyclic) bond motifs is 3. The number of hydrogen-bond donors (Lipinski definition) is 2. The Balaban J connectivity index is 0.000000236. The van der Waals surface area contributed by atoms with Gasteiger partial charge in [0.25, 0.3) is 0 Å². The van der Waals surface area contributed by atoms with E-state index in [9.17, 15) is 19.5 Å². The molecule has 2 saturated carbocycles. The summed E-state index contributed by atoms with van der Waals surface area (Å²) in [4.78, 5) is 56.7. The molecular weight excluding hydrogens is 1390 g/mol. The number of nitrogens with one attached hydrogen (secondary N) is 1. The molecule has 2 N–H and O–H groups in total. The largest absolute Gasteiger partial charge is 0.479 e. The second-order valence-corrected chi connectivity index (χ2v) is 30.9. The lowest BCUT2D eigenvalue weighted by atomic mass is 9.91. The Kier molecular flexibility index (Phi) is 28.4. The molecule has 2 aliphatic carbocycles. The van der Waals surface area contributed by atoms with Crippen molar-refractivity contribution in [3.05, 3.63) is 155 Å². The number of nitrogens with zero attached hydrogens (tertiary/aromatic N) is 5. The number of aliphatic carboxylic acids is 1. The van der Waals surface area contributed by atoms with Crippen molar-refractivity contribution in [1.82, 2.24) is 29.1 Å². The number of ether oxygens (including phenoxy) is 5. The Morgan fingerprint density at radius 1 is 0.475 bits per heavy atom. The van der Waals surface area contributed by atoms with Crippen LogP contribution in [0.4, 0.5) is 0 Å². The Labute approximate surface area is 633 Å². The van der Waals surface area contributed by atoms with E-state index in [1.54, 1.807) is 0 Å². The number of benzene rings is 3. The number of rotatable bonds is 16. The quantitative estimate of drug-likeness (QED) is 0.0875. The second kappa shape index (κ2) is 34.2. The van der Waals surface area contributed by atoms with Gasteiger partial charge in [-0.3, -0.25) is 0 Å². The Morgan fingerprint density at radius 2 is 0.772 bits per heavy atom. The Hall–Kier alpha value is -6.06. The third-order valence-corrected chi connectivity index (χ3v) is 19.9. The van der Waals surface area contributed by atoms with Crippen LogP contribution in [0.3, 0.4) is 0 Å². The summed E-state index contributed by atoms with van der Waals surface area (Å²) in [7, 11) is 2.77. The number of carboxylic acids is 1. The van der Waals surface area contributed by atoms with E-state index >= 15 is 0 Å². The first-order valence-corrected chi connectivity index (χ1v) is 35.3. The van der Waals surface area contributed by atoms with Crippen molar-refractivity contribution in [1.29, 1.82) is 0 Å². The molecule has 0 radical (unpaired) electrons. The molecule has 3 aromatic carbocycles. The fraction of sp³-hybridized carbons (Fsp3) is 0.475. The topological polar surface area (TPSA) is 182 Å². The van der Waals surface area contributed by atoms with Crippen LogP contribution in [0.25, 0.3) is 66.5 Å². The molecule has 101 heavy (non-hydrogen) atoms. The van der Waals surface area contributed by atoms with Gasteiger partial charge in [-0.25, -0.2) is 29.3 Å². The third kappa shape index (κ3) is 18.9. The summed E-state index contributed by atoms with van der Waals surface area (Å²) in [6.07, 6.45) is 7.28. The van der Waals surface area contributed by atoms with E-state index in [0.29, 0.717) is 49.4 Å². The van der Waals surface area contributed by atoms with Gasteiger partial charge in [-0.2, -0.15) is 40.5 Å². The van der Waals surface area contributed by atoms with Crippen LogP contribution in [0.15, 0.2) is 72.8 Å². The number of esters is 2. The van der Waals surface area contributed by atoms with Crippen LogP contribution >= 0.6 is 75.3 Å². The van der Waals surface area contributed by atoms with E-state index in [0.717, 1.165) is 108 Å². The van der Waals surface area contributed by atoms with Crippen molar-refractivity contribution in [2.45, 2.75) is 224 Å². The predicted octanol–water partition coefficient (Wildman–Crippen LogP) is 21.1. The SMILES string of the molecule is COC(=O)[C@@H](OC(C)(C)C)c1c(C)nc2[nH]c(C)c(C)c2c1-c1ccc(Cl)cc1.COC(=O)[C@@H](OC(C)(C)C)c1c(C)nc2c(c(C)c(C)n2CC2CCCC2)c1-c1ccc(Cl)cc1.Cc1nc2c(c(C)c(C)n2CC2CCCC2)c(-c2ccc(Cl)cc2)c1[C@H](OC(C)(C)C)C(=O)O.S.S.S. The van der Waals surface area contributed by atoms with Crippen LogP contribution in [0, 0.1) is 74.1 Å². The number of H-pyrrole nitrogens is 1. The van der Waals surface area contributed by atoms with E-state index in [1.165, 1.54) is 82.5 Å². The first kappa shape index (κ1) is 83.9. The molecule has 21 heteroatoms. The number of aromatic nitrogens is 6. The second-order valence-electron chi connectivity index (χ2n) is 29.6. The smallest absolute Gasteiger partial charge is 0.339 e. The molecular formula is C80H105Cl3N6O9S3. The Morgan fingerprint density at radius 3 is 1.08 bits per heavy atom. The number of carboxylic acid groups (broad SMARTS) is 1. The normalized spacial score (nSPS) is 14.5. The Bertz CT molecular complexity index is 4420. The summed E-state index contributed by atoms with van der Waals surface area (Å²) in [6, 6.07) is 23.0. The van der Waals surface area contributed by atoms with Gasteiger partial charge in [0.1, 0.15) is 16.9 Å². The van der Waals surface area contributed by atoms with Gasteiger partial charge in [0.2, 0.25) is 0 Å². The summed E-state index contributed by atoms with van der Waals surface area (Å²) in [5.41, 5.74) is 17.6. The standard InChI is InChI=1S/C29H37ClN2O3.C28H35ClN2O3.C23H27ClN2O3.3H2S/c1-17-19(3)32(16-20-10-8-9-11-20)27-23(17)25(21-12-14-22(30)15-13-21)24(18(2)31-27)26(28(33)34-7)35-29(4,5)6;1-16-18(3)31(15-19-9-7-8-10-19)26-22(16)24(20-11-13-21(29)14-12-20)23(17(2)30-26)25(27(32)33)34-28(4,5)6;1-12-13(2)25-21-17(12)19(15-8-10-16(24)11-9-15)18(14(3)26-21)20(22(27)28-7)29-23(4,5)6;;;/h12-15,20,26H,8-11,16H2,1-7H3;11-14,19,25H,7-10,15H2,1-6H3,(H,32,33);8-11,20H,1-7H3,(H,25,26);3*1H2/t26-;25-;20-;;;/m000.../s1. The zero-order chi connectivity index (χ0) is 71.8. The zero-order valence-corrected chi connectivity index (χ0v) is 67.7. The van der Waals surface area contributed by atoms with Gasteiger partial charge < -0.3 is 42.9 Å². The third-order valence-electron chi connectivity index (χ3n) is 19.1. The van der Waals surface area contributed by atoms with Gasteiger partial charge in [0.15, 0.2) is 18.3 Å². The minimum Gasteiger partial charge on any atom is -0.479 e. The summed E-state index contributed by atoms with van der Waals surface area (Å²) in [5.74, 6) is -0.570. The van der Waals surface area contributed by atoms with Gasteiger partial charge >= 0.3 is 17.9 Å². The van der Waals surface area contributed by atoms with Crippen LogP contribution in [0.1, 0.15) is 200 Å². The molecule has 0 amide bonds. The predicted molar refractivity (Wildman–Crippen MR) is 427 cm³/mol. The highest BCUT2D eigenvalue weighted by Crippen LogP contribution is 2.47. The fourth-order valence-electron chi connectivity index (χ4n) is 14.2. The van der Waals surface area contributed by atoms with Crippen molar-refractivity contribution in [2.75, 3.05) is 14.2 Å². The minimum absolute atomic E-state index is 0. The van der Waals surface area contributed by atoms with Crippen LogP contribution in [-0.2, 0) is 51.2 Å². The van der Waals surface area contributed by atoms with Crippen LogP contribution < -0.4 is 0 Å². The number of aromatic amines is 1. The maximum atomic E-state index is 13.1. The van der Waals surface area contributed by atoms with Crippen molar-refractivity contribution < 1.29 is 43.2 Å². The summed E-state index contributed by atoms with van der Waals surface area (Å²) in [5, 5.41) is 15.2. The van der Waals surface area contributed by atoms with E-state index in [2.05, 4.69) is 41.8 Å². The highest BCUT2D eigenvalue weighted by molar-refractivity contribution is 7.59. The number of carbonyl (C=O) groups is 3. The summed E-state index contributed by atoms with van der Waals surface area (Å²) in [6.45, 7) is 37.5. The van der Waals surface area contributed by atoms with Gasteiger partial charge in [0, 0.05) is 112 Å². The number of halogens is 3. The van der Waals surface area contributed by atoms with Crippen molar-refractivity contribution in [3.63, 3.8) is 0 Å². The molecule has 0 saturated heterocycles. The molecule has 11 rings (SSSR count). The lowest BCUT2D eigenvalue weighted by Crippen LogP contribution is -2.29. The van der Waals surface area contributed by atoms with Crippen molar-refractivity contribution in [2.24, 2.45) is 11.8 Å². The molecule has 0 spiro atoms. The monoisotopic (exact) mass is 1490 g/mol. The molecule has 0 unspecified atom stereocenters. The van der Waals surface area contributed by atoms with E-state index in [1.807, 2.05) is 170 Å². The molecule has 6 heterocycles. The molecule has 9 aromatic rings. The molecule has 15 nitrogen and oxygen atoms in total. The first-order valence-electron chi connectivity index (χ1n) is 34.2. The van der Waals surface area contributed by atoms with Crippen molar-refractivity contribution in [3.8, 4) is 33.4 Å². The molecule has 2 fully saturated rings. The maximum absolute atomic E-state index is 13.1. The van der Waals surface area contributed by atoms with Gasteiger partial charge in [-0.1, -0.05) is 96.9 Å². The molecule has 0 aliphatic heterocycles. The summed E-state index contributed by atoms with van der Waals surface area (Å²) >= 11 is 18.6. The number of hydrogen-bond acceptors (Lipinski definition) is 11. The molecule has 0 bridgehead atoms. The van der Waals surface area contributed by atoms with E-state index < -0.39 is 53.0 Å². The lowest BCUT2D eigenvalue weighted by molar-refractivity contribution is -0.164. The highest BCUT2D eigenvalue weighted by Gasteiger charge is 2.38. The highest BCUT2D eigenvalue weighted by atomic mass is 35.5. The molecule has 3 atom stereocenters. The van der Waals surface area contributed by atoms with Crippen molar-refractivity contribution >= 4 is 126 Å².